The second-order valence-electron chi connectivity index (χ2n) is 13.7. The highest BCUT2D eigenvalue weighted by Crippen LogP contribution is 2.19. The highest BCUT2D eigenvalue weighted by Gasteiger charge is 2.14. The van der Waals surface area contributed by atoms with Crippen LogP contribution in [-0.2, 0) is 14.3 Å². The molecular weight excluding hydrogens is 633 g/mol. The van der Waals surface area contributed by atoms with E-state index < -0.39 is 0 Å². The minimum absolute atomic E-state index is 0.0267. The smallest absolute Gasteiger partial charge is 0.306 e. The summed E-state index contributed by atoms with van der Waals surface area (Å²) in [5.74, 6) is 1.69. The molecule has 48 heavy (non-hydrogen) atoms. The summed E-state index contributed by atoms with van der Waals surface area (Å²) in [6.45, 7) is 5.39. The summed E-state index contributed by atoms with van der Waals surface area (Å²) in [4.78, 5) is 26.8. The molecule has 0 aliphatic heterocycles. The van der Waals surface area contributed by atoms with E-state index in [1.165, 1.54) is 82.4 Å². The van der Waals surface area contributed by atoms with Crippen LogP contribution in [-0.4, -0.2) is 59.3 Å². The van der Waals surface area contributed by atoms with E-state index in [1.807, 2.05) is 14.1 Å². The number of ether oxygens (including phenoxy) is 1. The number of nitrogens with zero attached hydrogens (tertiary/aromatic N) is 1. The van der Waals surface area contributed by atoms with Gasteiger partial charge in [-0.2, -0.15) is 0 Å². The van der Waals surface area contributed by atoms with Crippen molar-refractivity contribution < 1.29 is 14.3 Å². The molecule has 1 unspecified atom stereocenters. The molecule has 1 N–H and O–H groups in total. The molecule has 0 bridgehead atoms. The van der Waals surface area contributed by atoms with Crippen LogP contribution in [0.4, 0.5) is 0 Å². The minimum atomic E-state index is -0.0495. The van der Waals surface area contributed by atoms with Gasteiger partial charge >= 0.3 is 5.97 Å². The Morgan fingerprint density at radius 1 is 0.604 bits per heavy atom. The Hall–Kier alpha value is -1.05. The highest BCUT2D eigenvalue weighted by molar-refractivity contribution is 8.14. The zero-order valence-corrected chi connectivity index (χ0v) is 33.5. The molecule has 0 saturated heterocycles. The van der Waals surface area contributed by atoms with Crippen LogP contribution < -0.4 is 0 Å². The second-order valence-corrected chi connectivity index (χ2v) is 15.9. The van der Waals surface area contributed by atoms with Crippen LogP contribution in [0.2, 0.25) is 0 Å². The first-order chi connectivity index (χ1) is 23.4. The van der Waals surface area contributed by atoms with Gasteiger partial charge in [0.15, 0.2) is 5.12 Å². The van der Waals surface area contributed by atoms with E-state index >= 15 is 0 Å². The molecule has 0 fully saturated rings. The maximum absolute atomic E-state index is 12.5. The van der Waals surface area contributed by atoms with Gasteiger partial charge in [0.05, 0.1) is 5.04 Å². The maximum Gasteiger partial charge on any atom is 0.306 e. The Labute approximate surface area is 306 Å². The van der Waals surface area contributed by atoms with Gasteiger partial charge in [0.1, 0.15) is 6.10 Å². The fraction of sp³-hybridized carbons (Fsp3) is 0.829. The molecule has 0 heterocycles. The van der Waals surface area contributed by atoms with E-state index in [2.05, 4.69) is 43.1 Å². The average molecular weight is 709 g/mol. The molecule has 0 aromatic heterocycles. The number of carbonyl (C=O) groups is 2. The van der Waals surface area contributed by atoms with Crippen molar-refractivity contribution in [2.75, 3.05) is 32.1 Å². The Balaban J connectivity index is 4.11. The lowest BCUT2D eigenvalue weighted by molar-refractivity contribution is -0.150. The monoisotopic (exact) mass is 709 g/mol. The normalized spacial score (nSPS) is 12.4. The molecule has 1 atom stereocenters. The number of hydrogen-bond acceptors (Lipinski definition) is 7. The van der Waals surface area contributed by atoms with Gasteiger partial charge in [-0.15, -0.1) is 11.8 Å². The lowest BCUT2D eigenvalue weighted by Gasteiger charge is -2.18. The fourth-order valence-electron chi connectivity index (χ4n) is 5.59. The van der Waals surface area contributed by atoms with Crippen LogP contribution in [0.25, 0.3) is 0 Å². The number of nitrogens with one attached hydrogen (secondary N) is 1. The SMILES string of the molecule is CCCCCC/C=C/CSC(=N)CCCCCCCC(CCCCCCCC(=O)SC/C=C/CCCCCC)OC(=O)CCCN(C)C. The zero-order chi connectivity index (χ0) is 35.3. The summed E-state index contributed by atoms with van der Waals surface area (Å²) in [5, 5.41) is 9.36. The minimum Gasteiger partial charge on any atom is -0.462 e. The van der Waals surface area contributed by atoms with E-state index in [9.17, 15) is 9.59 Å². The lowest BCUT2D eigenvalue weighted by Crippen LogP contribution is -2.20. The summed E-state index contributed by atoms with van der Waals surface area (Å²) in [7, 11) is 4.07. The molecule has 0 aromatic rings. The third-order valence-corrected chi connectivity index (χ3v) is 10.4. The maximum atomic E-state index is 12.5. The van der Waals surface area contributed by atoms with Crippen molar-refractivity contribution >= 4 is 39.7 Å². The largest absolute Gasteiger partial charge is 0.462 e. The predicted octanol–water partition coefficient (Wildman–Crippen LogP) is 12.7. The molecule has 0 aliphatic carbocycles. The predicted molar refractivity (Wildman–Crippen MR) is 216 cm³/mol. The van der Waals surface area contributed by atoms with Crippen LogP contribution in [0.15, 0.2) is 24.3 Å². The molecule has 0 aliphatic rings. The van der Waals surface area contributed by atoms with Crippen LogP contribution in [0.1, 0.15) is 181 Å². The van der Waals surface area contributed by atoms with Gasteiger partial charge < -0.3 is 9.64 Å². The number of unbranched alkanes of at least 4 members (excludes halogenated alkanes) is 16. The molecule has 7 heteroatoms. The molecule has 0 saturated carbocycles. The fourth-order valence-corrected chi connectivity index (χ4v) is 7.02. The second kappa shape index (κ2) is 37.2. The van der Waals surface area contributed by atoms with Crippen LogP contribution >= 0.6 is 23.5 Å². The van der Waals surface area contributed by atoms with E-state index in [0.29, 0.717) is 18.0 Å². The first-order valence-corrected chi connectivity index (χ1v) is 21.9. The summed E-state index contributed by atoms with van der Waals surface area (Å²) in [6, 6.07) is 0. The number of esters is 1. The lowest BCUT2D eigenvalue weighted by atomic mass is 10.0. The molecule has 0 spiro atoms. The summed E-state index contributed by atoms with van der Waals surface area (Å²) >= 11 is 3.14. The van der Waals surface area contributed by atoms with E-state index in [4.69, 9.17) is 10.1 Å². The molecule has 0 amide bonds. The first kappa shape index (κ1) is 47.0. The number of rotatable bonds is 35. The van der Waals surface area contributed by atoms with Gasteiger partial charge in [-0.1, -0.05) is 127 Å². The van der Waals surface area contributed by atoms with Gasteiger partial charge in [0.2, 0.25) is 0 Å². The van der Waals surface area contributed by atoms with Gasteiger partial charge in [-0.3, -0.25) is 15.0 Å². The third-order valence-electron chi connectivity index (χ3n) is 8.60. The van der Waals surface area contributed by atoms with Crippen molar-refractivity contribution in [2.24, 2.45) is 0 Å². The quantitative estimate of drug-likeness (QED) is 0.0232. The van der Waals surface area contributed by atoms with Gasteiger partial charge in [-0.05, 0) is 97.7 Å². The Kier molecular flexibility index (Phi) is 36.4. The standard InChI is InChI=1S/C41H76N2O3S2/c1-5-7-9-11-13-21-27-36-47-39(42)32-25-19-15-17-23-30-38(46-40(44)33-29-35-43(3)4)31-24-18-16-20-26-34-41(45)48-37-28-22-14-12-10-8-6-2/h21-22,27-28,38,42H,5-20,23-26,29-37H2,1-4H3/b27-21+,28-22+,42-39?. The molecular formula is C41H76N2O3S2. The highest BCUT2D eigenvalue weighted by atomic mass is 32.2. The Bertz CT molecular complexity index is 764. The number of thioether (sulfide) groups is 2. The van der Waals surface area contributed by atoms with Gasteiger partial charge in [-0.25, -0.2) is 0 Å². The molecule has 0 rings (SSSR count). The topological polar surface area (TPSA) is 70.5 Å². The van der Waals surface area contributed by atoms with Crippen molar-refractivity contribution in [1.29, 1.82) is 5.41 Å². The van der Waals surface area contributed by atoms with Crippen LogP contribution in [0.5, 0.6) is 0 Å². The summed E-state index contributed by atoms with van der Waals surface area (Å²) in [6.07, 6.45) is 37.6. The summed E-state index contributed by atoms with van der Waals surface area (Å²) in [5.41, 5.74) is 0. The molecule has 5 nitrogen and oxygen atoms in total. The first-order valence-electron chi connectivity index (χ1n) is 19.9. The van der Waals surface area contributed by atoms with Crippen molar-refractivity contribution in [3.63, 3.8) is 0 Å². The van der Waals surface area contributed by atoms with E-state index in [1.54, 1.807) is 11.8 Å². The Morgan fingerprint density at radius 3 is 1.67 bits per heavy atom. The molecule has 0 radical (unpaired) electrons. The number of allylic oxidation sites excluding steroid dienone is 2. The van der Waals surface area contributed by atoms with Crippen molar-refractivity contribution in [3.05, 3.63) is 24.3 Å². The van der Waals surface area contributed by atoms with Crippen LogP contribution in [0, 0.1) is 5.41 Å². The molecule has 280 valence electrons. The summed E-state index contributed by atoms with van der Waals surface area (Å²) < 4.78 is 5.96. The molecule has 0 aromatic carbocycles. The number of hydrogen-bond donors (Lipinski definition) is 1. The van der Waals surface area contributed by atoms with Crippen molar-refractivity contribution in [2.45, 2.75) is 187 Å². The third kappa shape index (κ3) is 36.2. The zero-order valence-electron chi connectivity index (χ0n) is 31.9. The van der Waals surface area contributed by atoms with Gasteiger partial charge in [0, 0.05) is 24.3 Å². The van der Waals surface area contributed by atoms with E-state index in [-0.39, 0.29) is 12.1 Å². The number of carbonyl (C=O) groups excluding carboxylic acids is 2. The average Bonchev–Trinajstić information content (AvgIpc) is 3.05. The van der Waals surface area contributed by atoms with Gasteiger partial charge in [0.25, 0.3) is 0 Å². The van der Waals surface area contributed by atoms with Crippen LogP contribution in [0.3, 0.4) is 0 Å². The van der Waals surface area contributed by atoms with Crippen molar-refractivity contribution in [3.8, 4) is 0 Å². The van der Waals surface area contributed by atoms with E-state index in [0.717, 1.165) is 107 Å². The van der Waals surface area contributed by atoms with Crippen molar-refractivity contribution in [1.82, 2.24) is 4.90 Å². The Morgan fingerprint density at radius 2 is 1.10 bits per heavy atom.